The van der Waals surface area contributed by atoms with Gasteiger partial charge in [0.1, 0.15) is 5.82 Å². The van der Waals surface area contributed by atoms with Gasteiger partial charge >= 0.3 is 0 Å². The van der Waals surface area contributed by atoms with Crippen LogP contribution in [0.2, 0.25) is 0 Å². The predicted octanol–water partition coefficient (Wildman–Crippen LogP) is 3.33. The van der Waals surface area contributed by atoms with Crippen molar-refractivity contribution in [2.75, 3.05) is 26.2 Å². The van der Waals surface area contributed by atoms with E-state index in [4.69, 9.17) is 4.74 Å². The largest absolute Gasteiger partial charge is 0.374 e. The highest BCUT2D eigenvalue weighted by molar-refractivity contribution is 5.78. The van der Waals surface area contributed by atoms with Gasteiger partial charge in [-0.3, -0.25) is 14.4 Å². The number of nitrogens with zero attached hydrogens (tertiary/aromatic N) is 3. The molecule has 1 aliphatic heterocycles. The van der Waals surface area contributed by atoms with E-state index < -0.39 is 0 Å². The molecule has 2 unspecified atom stereocenters. The minimum atomic E-state index is -0.272. The minimum absolute atomic E-state index is 0.00770. The Balaban J connectivity index is 1.57. The highest BCUT2D eigenvalue weighted by atomic mass is 19.1. The summed E-state index contributed by atoms with van der Waals surface area (Å²) in [4.78, 5) is 15.0. The molecule has 1 aromatic heterocycles. The highest BCUT2D eigenvalue weighted by Crippen LogP contribution is 2.29. The van der Waals surface area contributed by atoms with Crippen LogP contribution < -0.4 is 5.32 Å². The Labute approximate surface area is 178 Å². The number of rotatable bonds is 7. The number of aromatic nitrogens is 2. The molecule has 1 fully saturated rings. The van der Waals surface area contributed by atoms with E-state index in [1.807, 2.05) is 24.0 Å². The quantitative estimate of drug-likeness (QED) is 0.752. The molecule has 7 heteroatoms. The molecule has 0 aliphatic carbocycles. The average Bonchev–Trinajstić information content (AvgIpc) is 3.05. The fourth-order valence-corrected chi connectivity index (χ4v) is 3.81. The van der Waals surface area contributed by atoms with Crippen molar-refractivity contribution >= 4 is 5.91 Å². The minimum Gasteiger partial charge on any atom is -0.374 e. The number of hydrogen-bond acceptors (Lipinski definition) is 4. The van der Waals surface area contributed by atoms with Gasteiger partial charge in [-0.05, 0) is 42.0 Å². The predicted molar refractivity (Wildman–Crippen MR) is 114 cm³/mol. The van der Waals surface area contributed by atoms with E-state index in [0.717, 1.165) is 24.1 Å². The van der Waals surface area contributed by atoms with Crippen molar-refractivity contribution in [3.8, 4) is 0 Å². The number of benzene rings is 1. The number of carbonyl (C=O) groups excluding carboxylic acids is 1. The molecular formula is C23H33FN4O2. The Hall–Kier alpha value is -2.25. The van der Waals surface area contributed by atoms with Crippen molar-refractivity contribution in [1.82, 2.24) is 20.0 Å². The van der Waals surface area contributed by atoms with Gasteiger partial charge in [0.2, 0.25) is 5.91 Å². The number of ether oxygens (including phenoxy) is 1. The lowest BCUT2D eigenvalue weighted by molar-refractivity contribution is -0.125. The van der Waals surface area contributed by atoms with Crippen molar-refractivity contribution in [3.05, 3.63) is 53.6 Å². The molecule has 0 bridgehead atoms. The summed E-state index contributed by atoms with van der Waals surface area (Å²) in [5.74, 6) is -0.296. The monoisotopic (exact) mass is 416 g/mol. The van der Waals surface area contributed by atoms with Crippen molar-refractivity contribution < 1.29 is 13.9 Å². The van der Waals surface area contributed by atoms with E-state index in [1.165, 1.54) is 12.1 Å². The van der Waals surface area contributed by atoms with Crippen LogP contribution in [-0.2, 0) is 16.1 Å². The van der Waals surface area contributed by atoms with E-state index >= 15 is 0 Å². The van der Waals surface area contributed by atoms with Gasteiger partial charge in [-0.15, -0.1) is 0 Å². The summed E-state index contributed by atoms with van der Waals surface area (Å²) in [5, 5.41) is 7.48. The third kappa shape index (κ3) is 6.92. The first-order chi connectivity index (χ1) is 14.2. The summed E-state index contributed by atoms with van der Waals surface area (Å²) >= 11 is 0. The topological polar surface area (TPSA) is 59.4 Å². The van der Waals surface area contributed by atoms with Gasteiger partial charge in [-0.2, -0.15) is 5.10 Å². The summed E-state index contributed by atoms with van der Waals surface area (Å²) in [7, 11) is 0. The maximum Gasteiger partial charge on any atom is 0.234 e. The molecule has 1 amide bonds. The molecular weight excluding hydrogens is 383 g/mol. The van der Waals surface area contributed by atoms with Crippen molar-refractivity contribution in [1.29, 1.82) is 0 Å². The highest BCUT2D eigenvalue weighted by Gasteiger charge is 2.26. The Morgan fingerprint density at radius 3 is 2.70 bits per heavy atom. The van der Waals surface area contributed by atoms with Crippen LogP contribution in [0.25, 0.3) is 0 Å². The molecule has 164 valence electrons. The second-order valence-corrected chi connectivity index (χ2v) is 9.40. The first-order valence-electron chi connectivity index (χ1n) is 10.6. The average molecular weight is 417 g/mol. The number of amides is 1. The van der Waals surface area contributed by atoms with E-state index in [-0.39, 0.29) is 29.3 Å². The maximum absolute atomic E-state index is 13.3. The molecule has 3 rings (SSSR count). The number of nitrogens with one attached hydrogen (secondary N) is 1. The third-order valence-corrected chi connectivity index (χ3v) is 5.17. The van der Waals surface area contributed by atoms with E-state index in [2.05, 4.69) is 36.1 Å². The van der Waals surface area contributed by atoms with Gasteiger partial charge in [0, 0.05) is 19.3 Å². The summed E-state index contributed by atoms with van der Waals surface area (Å²) in [6.07, 6.45) is 4.61. The van der Waals surface area contributed by atoms with Crippen LogP contribution in [-0.4, -0.2) is 52.9 Å². The molecule has 0 spiro atoms. The number of halogens is 1. The molecule has 2 heterocycles. The summed E-state index contributed by atoms with van der Waals surface area (Å²) < 4.78 is 21.1. The zero-order valence-electron chi connectivity index (χ0n) is 18.4. The molecule has 1 saturated heterocycles. The van der Waals surface area contributed by atoms with Crippen LogP contribution in [0.3, 0.4) is 0 Å². The SMILES string of the molecule is Cc1cnn(CC2CN(CC(=O)NC(CC(C)(C)C)c3ccc(F)cc3)CCO2)c1. The van der Waals surface area contributed by atoms with E-state index in [0.29, 0.717) is 26.2 Å². The number of morpholine rings is 1. The van der Waals surface area contributed by atoms with Gasteiger partial charge in [0.05, 0.1) is 38.0 Å². The smallest absolute Gasteiger partial charge is 0.234 e. The molecule has 1 aromatic carbocycles. The Kier molecular flexibility index (Phi) is 7.26. The summed E-state index contributed by atoms with van der Waals surface area (Å²) in [5.41, 5.74) is 2.07. The first-order valence-corrected chi connectivity index (χ1v) is 10.6. The zero-order chi connectivity index (χ0) is 21.7. The van der Waals surface area contributed by atoms with Crippen LogP contribution in [0, 0.1) is 18.2 Å². The molecule has 0 radical (unpaired) electrons. The van der Waals surface area contributed by atoms with Crippen molar-refractivity contribution in [2.24, 2.45) is 5.41 Å². The second kappa shape index (κ2) is 9.71. The second-order valence-electron chi connectivity index (χ2n) is 9.40. The Morgan fingerprint density at radius 2 is 2.07 bits per heavy atom. The normalized spacial score (nSPS) is 18.9. The lowest BCUT2D eigenvalue weighted by Crippen LogP contribution is -2.48. The standard InChI is InChI=1S/C23H33FN4O2/c1-17-12-25-28(13-17)15-20-14-27(9-10-30-20)16-22(29)26-21(11-23(2,3)4)18-5-7-19(24)8-6-18/h5-8,12-13,20-21H,9-11,14-16H2,1-4H3,(H,26,29). The van der Waals surface area contributed by atoms with Crippen molar-refractivity contribution in [3.63, 3.8) is 0 Å². The lowest BCUT2D eigenvalue weighted by atomic mass is 9.85. The summed E-state index contributed by atoms with van der Waals surface area (Å²) in [6.45, 7) is 11.4. The fraction of sp³-hybridized carbons (Fsp3) is 0.565. The van der Waals surface area contributed by atoms with Crippen LogP contribution in [0.1, 0.15) is 44.4 Å². The molecule has 30 heavy (non-hydrogen) atoms. The Morgan fingerprint density at radius 1 is 1.33 bits per heavy atom. The molecule has 2 atom stereocenters. The van der Waals surface area contributed by atoms with Crippen LogP contribution in [0.4, 0.5) is 4.39 Å². The van der Waals surface area contributed by atoms with Crippen LogP contribution >= 0.6 is 0 Å². The fourth-order valence-electron chi connectivity index (χ4n) is 3.81. The first kappa shape index (κ1) is 22.4. The molecule has 1 N–H and O–H groups in total. The molecule has 6 nitrogen and oxygen atoms in total. The third-order valence-electron chi connectivity index (χ3n) is 5.17. The van der Waals surface area contributed by atoms with Gasteiger partial charge < -0.3 is 10.1 Å². The van der Waals surface area contributed by atoms with E-state index in [1.54, 1.807) is 12.1 Å². The molecule has 2 aromatic rings. The van der Waals surface area contributed by atoms with Gasteiger partial charge in [-0.1, -0.05) is 32.9 Å². The number of aryl methyl sites for hydroxylation is 1. The van der Waals surface area contributed by atoms with Gasteiger partial charge in [0.15, 0.2) is 0 Å². The zero-order valence-corrected chi connectivity index (χ0v) is 18.4. The van der Waals surface area contributed by atoms with Crippen LogP contribution in [0.15, 0.2) is 36.7 Å². The molecule has 1 aliphatic rings. The molecule has 0 saturated carbocycles. The van der Waals surface area contributed by atoms with E-state index in [9.17, 15) is 9.18 Å². The van der Waals surface area contributed by atoms with Gasteiger partial charge in [-0.25, -0.2) is 4.39 Å². The summed E-state index contributed by atoms with van der Waals surface area (Å²) in [6, 6.07) is 6.25. The number of hydrogen-bond donors (Lipinski definition) is 1. The van der Waals surface area contributed by atoms with Crippen molar-refractivity contribution in [2.45, 2.75) is 52.8 Å². The maximum atomic E-state index is 13.3. The Bertz CT molecular complexity index is 828. The lowest BCUT2D eigenvalue weighted by Gasteiger charge is -2.33. The van der Waals surface area contributed by atoms with Crippen LogP contribution in [0.5, 0.6) is 0 Å². The number of carbonyl (C=O) groups is 1. The van der Waals surface area contributed by atoms with Gasteiger partial charge in [0.25, 0.3) is 0 Å².